The number of benzene rings is 1. The van der Waals surface area contributed by atoms with Crippen LogP contribution in [0.1, 0.15) is 33.1 Å². The van der Waals surface area contributed by atoms with Crippen LogP contribution in [0.25, 0.3) is 5.69 Å². The number of aliphatic hydroxyl groups is 1. The molecular formula is C20H22N8O4. The Morgan fingerprint density at radius 2 is 2.12 bits per heavy atom. The summed E-state index contributed by atoms with van der Waals surface area (Å²) in [5.41, 5.74) is 0.978. The largest absolute Gasteiger partial charge is 0.492 e. The molecule has 166 valence electrons. The minimum absolute atomic E-state index is 0.0814. The highest BCUT2D eigenvalue weighted by Crippen LogP contribution is 2.35. The number of nitrogens with zero attached hydrogens (tertiary/aromatic N) is 5. The van der Waals surface area contributed by atoms with Crippen molar-refractivity contribution in [3.8, 4) is 11.4 Å². The average Bonchev–Trinajstić information content (AvgIpc) is 3.55. The third-order valence-electron chi connectivity index (χ3n) is 4.74. The zero-order chi connectivity index (χ0) is 25.2. The molecule has 1 fully saturated rings. The maximum atomic E-state index is 12.6. The lowest BCUT2D eigenvalue weighted by molar-refractivity contribution is -0.117. The van der Waals surface area contributed by atoms with Crippen LogP contribution in [0, 0.1) is 5.92 Å². The molecule has 2 aromatic heterocycles. The summed E-state index contributed by atoms with van der Waals surface area (Å²) in [6.45, 7) is -3.04. The van der Waals surface area contributed by atoms with Gasteiger partial charge in [-0.3, -0.25) is 9.59 Å². The molecule has 1 aliphatic rings. The number of aromatic nitrogens is 5. The van der Waals surface area contributed by atoms with Gasteiger partial charge in [0.2, 0.25) is 5.91 Å². The lowest BCUT2D eigenvalue weighted by Gasteiger charge is -2.16. The Labute approximate surface area is 187 Å². The molecule has 0 saturated heterocycles. The fourth-order valence-electron chi connectivity index (χ4n) is 3.00. The van der Waals surface area contributed by atoms with Crippen LogP contribution in [0.3, 0.4) is 0 Å². The number of rotatable bonds is 8. The van der Waals surface area contributed by atoms with Crippen molar-refractivity contribution in [2.75, 3.05) is 24.7 Å². The first kappa shape index (κ1) is 17.6. The molecule has 12 nitrogen and oxygen atoms in total. The number of ether oxygens (including phenoxy) is 1. The second-order valence-electron chi connectivity index (χ2n) is 7.01. The highest BCUT2D eigenvalue weighted by molar-refractivity contribution is 5.99. The summed E-state index contributed by atoms with van der Waals surface area (Å²) >= 11 is 0. The molecule has 0 spiro atoms. The van der Waals surface area contributed by atoms with Gasteiger partial charge in [-0.15, -0.1) is 15.3 Å². The third kappa shape index (κ3) is 4.34. The molecule has 2 amide bonds. The van der Waals surface area contributed by atoms with Crippen LogP contribution in [-0.2, 0) is 11.4 Å². The number of hydrogen-bond acceptors (Lipinski definition) is 9. The molecule has 2 heterocycles. The molecule has 0 atom stereocenters. The minimum Gasteiger partial charge on any atom is -0.492 e. The molecule has 12 heteroatoms. The highest BCUT2D eigenvalue weighted by Gasteiger charge is 2.30. The zero-order valence-electron chi connectivity index (χ0n) is 20.0. The van der Waals surface area contributed by atoms with E-state index in [1.54, 1.807) is 18.2 Å². The van der Waals surface area contributed by atoms with Crippen molar-refractivity contribution in [2.24, 2.45) is 5.92 Å². The van der Waals surface area contributed by atoms with E-state index in [0.717, 1.165) is 12.8 Å². The van der Waals surface area contributed by atoms with E-state index in [4.69, 9.17) is 8.85 Å². The van der Waals surface area contributed by atoms with Crippen molar-refractivity contribution in [1.82, 2.24) is 30.5 Å². The van der Waals surface area contributed by atoms with Crippen LogP contribution in [0.2, 0.25) is 0 Å². The van der Waals surface area contributed by atoms with Gasteiger partial charge in [-0.25, -0.2) is 4.68 Å². The first-order valence-corrected chi connectivity index (χ1v) is 9.66. The van der Waals surface area contributed by atoms with E-state index in [-0.39, 0.29) is 35.6 Å². The first-order chi connectivity index (χ1) is 16.7. The van der Waals surface area contributed by atoms with Crippen LogP contribution in [0.4, 0.5) is 17.2 Å². The molecule has 1 aliphatic carbocycles. The second kappa shape index (κ2) is 8.98. The van der Waals surface area contributed by atoms with E-state index in [1.807, 2.05) is 5.32 Å². The smallest absolute Gasteiger partial charge is 0.273 e. The summed E-state index contributed by atoms with van der Waals surface area (Å²) in [7, 11) is 1.43. The summed E-state index contributed by atoms with van der Waals surface area (Å²) in [4.78, 5) is 24.8. The fraction of sp³-hybridized carbons (Fsp3) is 0.300. The van der Waals surface area contributed by atoms with Crippen molar-refractivity contribution in [3.63, 3.8) is 0 Å². The Hall–Kier alpha value is -4.06. The standard InChI is InChI=1S/C20H22N8O4/c1-21-20(31)17-14(8-16(25-26-17)23-19(30)11-6-7-11)22-13-4-3-5-15(18(13)32-2)28-9-12(10-29)24-27-28/h3-5,8-9,11,29H,6-7,10H2,1-2H3,(H,21,31)(H2,22,23,25,30)/i1D3. The number of carbonyl (C=O) groups is 2. The van der Waals surface area contributed by atoms with E-state index in [0.29, 0.717) is 22.8 Å². The van der Waals surface area contributed by atoms with Gasteiger partial charge >= 0.3 is 0 Å². The van der Waals surface area contributed by atoms with Crippen molar-refractivity contribution < 1.29 is 23.5 Å². The Balaban J connectivity index is 1.72. The maximum absolute atomic E-state index is 12.6. The number of hydrogen-bond donors (Lipinski definition) is 4. The van der Waals surface area contributed by atoms with Gasteiger partial charge in [-0.05, 0) is 25.0 Å². The highest BCUT2D eigenvalue weighted by atomic mass is 16.5. The van der Waals surface area contributed by atoms with Crippen molar-refractivity contribution >= 4 is 29.0 Å². The molecule has 32 heavy (non-hydrogen) atoms. The number of anilines is 3. The Bertz CT molecular complexity index is 1260. The van der Waals surface area contributed by atoms with E-state index in [2.05, 4.69) is 31.1 Å². The van der Waals surface area contributed by atoms with Crippen LogP contribution >= 0.6 is 0 Å². The van der Waals surface area contributed by atoms with Crippen molar-refractivity contribution in [1.29, 1.82) is 0 Å². The molecule has 4 N–H and O–H groups in total. The van der Waals surface area contributed by atoms with E-state index in [9.17, 15) is 14.7 Å². The van der Waals surface area contributed by atoms with Crippen molar-refractivity contribution in [2.45, 2.75) is 19.4 Å². The molecule has 0 unspecified atom stereocenters. The van der Waals surface area contributed by atoms with Crippen LogP contribution in [-0.4, -0.2) is 56.2 Å². The van der Waals surface area contributed by atoms with Gasteiger partial charge in [0.15, 0.2) is 17.3 Å². The van der Waals surface area contributed by atoms with Gasteiger partial charge < -0.3 is 25.8 Å². The summed E-state index contributed by atoms with van der Waals surface area (Å²) in [5.74, 6) is -0.886. The van der Waals surface area contributed by atoms with E-state index >= 15 is 0 Å². The Kier molecular flexibility index (Phi) is 4.94. The monoisotopic (exact) mass is 441 g/mol. The summed E-state index contributed by atoms with van der Waals surface area (Å²) in [6, 6.07) is 6.43. The van der Waals surface area contributed by atoms with Gasteiger partial charge in [-0.2, -0.15) is 0 Å². The van der Waals surface area contributed by atoms with Gasteiger partial charge in [0.05, 0.1) is 31.3 Å². The third-order valence-corrected chi connectivity index (χ3v) is 4.74. The molecule has 0 bridgehead atoms. The molecule has 0 radical (unpaired) electrons. The molecule has 1 aromatic carbocycles. The topological polar surface area (TPSA) is 156 Å². The van der Waals surface area contributed by atoms with Crippen LogP contribution < -0.4 is 20.7 Å². The second-order valence-corrected chi connectivity index (χ2v) is 7.01. The Morgan fingerprint density at radius 3 is 2.81 bits per heavy atom. The fourth-order valence-corrected chi connectivity index (χ4v) is 3.00. The number of methoxy groups -OCH3 is 1. The summed E-state index contributed by atoms with van der Waals surface area (Å²) in [6.07, 6.45) is 3.10. The normalized spacial score (nSPS) is 14.6. The number of para-hydroxylation sites is 1. The maximum Gasteiger partial charge on any atom is 0.273 e. The van der Waals surface area contributed by atoms with Gasteiger partial charge in [0.25, 0.3) is 5.91 Å². The molecule has 1 saturated carbocycles. The lowest BCUT2D eigenvalue weighted by Crippen LogP contribution is -2.22. The molecule has 4 rings (SSSR count). The minimum atomic E-state index is -2.75. The number of nitrogens with one attached hydrogen (secondary N) is 3. The molecule has 0 aliphatic heterocycles. The van der Waals surface area contributed by atoms with Gasteiger partial charge in [0.1, 0.15) is 11.4 Å². The van der Waals surface area contributed by atoms with Crippen LogP contribution in [0.5, 0.6) is 5.75 Å². The predicted molar refractivity (Wildman–Crippen MR) is 114 cm³/mol. The lowest BCUT2D eigenvalue weighted by atomic mass is 10.2. The van der Waals surface area contributed by atoms with E-state index in [1.165, 1.54) is 24.1 Å². The number of carbonyl (C=O) groups excluding carboxylic acids is 2. The predicted octanol–water partition coefficient (Wildman–Crippen LogP) is 1.01. The number of amides is 2. The van der Waals surface area contributed by atoms with Crippen molar-refractivity contribution in [3.05, 3.63) is 41.9 Å². The molecular weight excluding hydrogens is 416 g/mol. The number of aliphatic hydroxyl groups excluding tert-OH is 1. The van der Waals surface area contributed by atoms with Gasteiger partial charge in [0, 0.05) is 23.1 Å². The summed E-state index contributed by atoms with van der Waals surface area (Å²) in [5, 5.41) is 32.4. The quantitative estimate of drug-likeness (QED) is 0.400. The molecule has 3 aromatic rings. The SMILES string of the molecule is [2H]C([2H])([2H])NC(=O)c1nnc(NC(=O)C2CC2)cc1Nc1cccc(-n2cc(CO)nn2)c1OC. The van der Waals surface area contributed by atoms with Crippen LogP contribution in [0.15, 0.2) is 30.5 Å². The average molecular weight is 441 g/mol. The van der Waals surface area contributed by atoms with Gasteiger partial charge in [-0.1, -0.05) is 11.3 Å². The summed E-state index contributed by atoms with van der Waals surface area (Å²) < 4.78 is 28.9. The first-order valence-electron chi connectivity index (χ1n) is 11.2. The Morgan fingerprint density at radius 1 is 1.28 bits per heavy atom. The van der Waals surface area contributed by atoms with E-state index < -0.39 is 12.9 Å². The zero-order valence-corrected chi connectivity index (χ0v) is 17.0.